The molecule has 2 N–H and O–H groups in total. The first-order chi connectivity index (χ1) is 19.8. The van der Waals surface area contributed by atoms with E-state index in [1.54, 1.807) is 0 Å². The lowest BCUT2D eigenvalue weighted by Crippen LogP contribution is -2.41. The van der Waals surface area contributed by atoms with Gasteiger partial charge >= 0.3 is 0 Å². The number of benzene rings is 5. The van der Waals surface area contributed by atoms with Crippen molar-refractivity contribution < 1.29 is 4.42 Å². The van der Waals surface area contributed by atoms with E-state index < -0.39 is 0 Å². The number of hydrogen-bond donors (Lipinski definition) is 2. The molecule has 4 nitrogen and oxygen atoms in total. The molecule has 8 aromatic rings. The highest BCUT2D eigenvalue weighted by Crippen LogP contribution is 2.48. The summed E-state index contributed by atoms with van der Waals surface area (Å²) in [4.78, 5) is 0. The first-order valence-electron chi connectivity index (χ1n) is 13.9. The molecular weight excluding hydrogens is 490 g/mol. The van der Waals surface area contributed by atoms with E-state index in [-0.39, 0.29) is 12.1 Å². The molecule has 4 heterocycles. The SMILES string of the molecule is C1=CC2Nc3c(n4c5ccc6c7cc(-c8cccc9ccccc89)ccc7oc6c5c5cccc3c54)NC2C=C1. The molecule has 4 heteroatoms. The minimum atomic E-state index is 0.216. The maximum Gasteiger partial charge on any atom is 0.145 e. The van der Waals surface area contributed by atoms with E-state index in [1.807, 2.05) is 0 Å². The zero-order valence-corrected chi connectivity index (χ0v) is 21.5. The molecule has 5 aromatic carbocycles. The third-order valence-electron chi connectivity index (χ3n) is 8.97. The second kappa shape index (κ2) is 7.25. The molecule has 2 aliphatic rings. The van der Waals surface area contributed by atoms with Crippen LogP contribution >= 0.6 is 0 Å². The van der Waals surface area contributed by atoms with Crippen molar-refractivity contribution in [1.82, 2.24) is 4.40 Å². The molecule has 1 aliphatic carbocycles. The van der Waals surface area contributed by atoms with Crippen molar-refractivity contribution in [3.63, 3.8) is 0 Å². The quantitative estimate of drug-likeness (QED) is 0.230. The average Bonchev–Trinajstić information content (AvgIpc) is 3.66. The normalized spacial score (nSPS) is 18.2. The molecular formula is C36H23N3O. The van der Waals surface area contributed by atoms with Crippen LogP contribution in [0.3, 0.4) is 0 Å². The van der Waals surface area contributed by atoms with Crippen molar-refractivity contribution in [3.8, 4) is 11.1 Å². The Labute approximate surface area is 229 Å². The summed E-state index contributed by atoms with van der Waals surface area (Å²) < 4.78 is 9.05. The minimum Gasteiger partial charge on any atom is -0.455 e. The molecule has 40 heavy (non-hydrogen) atoms. The van der Waals surface area contributed by atoms with Crippen LogP contribution in [-0.2, 0) is 0 Å². The highest BCUT2D eigenvalue weighted by atomic mass is 16.3. The Kier molecular flexibility index (Phi) is 3.75. The largest absolute Gasteiger partial charge is 0.455 e. The van der Waals surface area contributed by atoms with Gasteiger partial charge in [-0.1, -0.05) is 91.0 Å². The first kappa shape index (κ1) is 20.7. The lowest BCUT2D eigenvalue weighted by molar-refractivity contribution is 0.673. The van der Waals surface area contributed by atoms with E-state index in [4.69, 9.17) is 4.42 Å². The highest BCUT2D eigenvalue weighted by molar-refractivity contribution is 6.28. The molecule has 3 aromatic heterocycles. The first-order valence-corrected chi connectivity index (χ1v) is 13.9. The Morgan fingerprint density at radius 3 is 2.40 bits per heavy atom. The number of furan rings is 1. The monoisotopic (exact) mass is 513 g/mol. The zero-order chi connectivity index (χ0) is 25.9. The van der Waals surface area contributed by atoms with E-state index in [2.05, 4.69) is 130 Å². The molecule has 0 radical (unpaired) electrons. The van der Waals surface area contributed by atoms with Gasteiger partial charge in [-0.3, -0.25) is 4.40 Å². The molecule has 0 saturated carbocycles. The van der Waals surface area contributed by atoms with Crippen LogP contribution in [0.1, 0.15) is 0 Å². The van der Waals surface area contributed by atoms with Crippen LogP contribution in [0.2, 0.25) is 0 Å². The van der Waals surface area contributed by atoms with Crippen LogP contribution in [0.5, 0.6) is 0 Å². The van der Waals surface area contributed by atoms with E-state index in [1.165, 1.54) is 49.3 Å². The summed E-state index contributed by atoms with van der Waals surface area (Å²) in [6.45, 7) is 0. The summed E-state index contributed by atoms with van der Waals surface area (Å²) in [5.74, 6) is 1.12. The lowest BCUT2D eigenvalue weighted by Gasteiger charge is -2.33. The number of hydrogen-bond acceptors (Lipinski definition) is 3. The number of fused-ring (bicyclic) bond motifs is 12. The predicted molar refractivity (Wildman–Crippen MR) is 167 cm³/mol. The van der Waals surface area contributed by atoms with Gasteiger partial charge in [0, 0.05) is 21.5 Å². The number of rotatable bonds is 1. The fourth-order valence-corrected chi connectivity index (χ4v) is 7.19. The highest BCUT2D eigenvalue weighted by Gasteiger charge is 2.32. The summed E-state index contributed by atoms with van der Waals surface area (Å²) in [7, 11) is 0. The van der Waals surface area contributed by atoms with Crippen molar-refractivity contribution in [3.05, 3.63) is 115 Å². The molecule has 2 unspecified atom stereocenters. The smallest absolute Gasteiger partial charge is 0.145 e. The average molecular weight is 514 g/mol. The maximum atomic E-state index is 6.67. The van der Waals surface area contributed by atoms with E-state index in [0.717, 1.165) is 33.3 Å². The second-order valence-electron chi connectivity index (χ2n) is 11.0. The van der Waals surface area contributed by atoms with Gasteiger partial charge in [-0.2, -0.15) is 0 Å². The molecule has 1 aliphatic heterocycles. The summed E-state index contributed by atoms with van der Waals surface area (Å²) >= 11 is 0. The fourth-order valence-electron chi connectivity index (χ4n) is 7.19. The predicted octanol–water partition coefficient (Wildman–Crippen LogP) is 9.10. The number of nitrogens with one attached hydrogen (secondary N) is 2. The van der Waals surface area contributed by atoms with Crippen molar-refractivity contribution >= 4 is 71.4 Å². The van der Waals surface area contributed by atoms with Crippen LogP contribution in [0.25, 0.3) is 71.0 Å². The molecule has 0 fully saturated rings. The van der Waals surface area contributed by atoms with Gasteiger partial charge in [-0.15, -0.1) is 0 Å². The van der Waals surface area contributed by atoms with Gasteiger partial charge in [0.25, 0.3) is 0 Å². The second-order valence-corrected chi connectivity index (χ2v) is 11.0. The number of para-hydroxylation sites is 1. The molecule has 0 bridgehead atoms. The van der Waals surface area contributed by atoms with Crippen molar-refractivity contribution in [1.29, 1.82) is 0 Å². The summed E-state index contributed by atoms with van der Waals surface area (Å²) in [5.41, 5.74) is 7.89. The van der Waals surface area contributed by atoms with Gasteiger partial charge in [0.2, 0.25) is 0 Å². The van der Waals surface area contributed by atoms with Crippen LogP contribution in [0.4, 0.5) is 11.5 Å². The molecule has 0 spiro atoms. The standard InChI is InChI=1S/C36H23N3O/c1-2-9-22-20(7-1)8-5-10-23(22)21-15-18-31-27(19-21)24-16-17-30-32(35(24)40-31)25-11-6-12-26-33-36(39(30)34(25)26)38-29-14-4-3-13-28(29)37-33/h1-19,28-29,37-38H. The van der Waals surface area contributed by atoms with E-state index in [9.17, 15) is 0 Å². The van der Waals surface area contributed by atoms with Gasteiger partial charge < -0.3 is 15.1 Å². The van der Waals surface area contributed by atoms with Gasteiger partial charge in [0.05, 0.1) is 34.2 Å². The Hall–Kier alpha value is -5.22. The lowest BCUT2D eigenvalue weighted by atomic mass is 9.97. The van der Waals surface area contributed by atoms with Crippen molar-refractivity contribution in [2.24, 2.45) is 0 Å². The van der Waals surface area contributed by atoms with Gasteiger partial charge in [0.15, 0.2) is 0 Å². The van der Waals surface area contributed by atoms with Gasteiger partial charge in [0.1, 0.15) is 17.0 Å². The number of nitrogens with zero attached hydrogens (tertiary/aromatic N) is 1. The Morgan fingerprint density at radius 1 is 0.650 bits per heavy atom. The summed E-state index contributed by atoms with van der Waals surface area (Å²) in [6, 6.07) is 33.3. The Balaban J connectivity index is 1.25. The molecule has 188 valence electrons. The number of allylic oxidation sites excluding steroid dienone is 2. The molecule has 0 amide bonds. The molecule has 10 rings (SSSR count). The Morgan fingerprint density at radius 2 is 1.45 bits per heavy atom. The molecule has 2 atom stereocenters. The van der Waals surface area contributed by atoms with Gasteiger partial charge in [-0.25, -0.2) is 0 Å². The molecule has 0 saturated heterocycles. The van der Waals surface area contributed by atoms with Crippen LogP contribution < -0.4 is 10.6 Å². The number of anilines is 2. The minimum absolute atomic E-state index is 0.216. The third-order valence-corrected chi connectivity index (χ3v) is 8.97. The van der Waals surface area contributed by atoms with Gasteiger partial charge in [-0.05, 0) is 46.2 Å². The Bertz CT molecular complexity index is 2400. The van der Waals surface area contributed by atoms with Crippen LogP contribution in [0.15, 0.2) is 120 Å². The summed E-state index contributed by atoms with van der Waals surface area (Å²) in [6.07, 6.45) is 8.71. The summed E-state index contributed by atoms with van der Waals surface area (Å²) in [5, 5.41) is 16.1. The maximum absolute atomic E-state index is 6.67. The fraction of sp³-hybridized carbons (Fsp3) is 0.0556. The van der Waals surface area contributed by atoms with E-state index in [0.29, 0.717) is 0 Å². The third kappa shape index (κ3) is 2.51. The van der Waals surface area contributed by atoms with Crippen molar-refractivity contribution in [2.45, 2.75) is 12.1 Å². The number of aromatic nitrogens is 1. The topological polar surface area (TPSA) is 41.6 Å². The van der Waals surface area contributed by atoms with Crippen LogP contribution in [-0.4, -0.2) is 16.5 Å². The van der Waals surface area contributed by atoms with Crippen molar-refractivity contribution in [2.75, 3.05) is 10.6 Å². The zero-order valence-electron chi connectivity index (χ0n) is 21.5. The van der Waals surface area contributed by atoms with Crippen LogP contribution in [0, 0.1) is 0 Å². The van der Waals surface area contributed by atoms with E-state index >= 15 is 0 Å².